The minimum atomic E-state index is -0.245. The van der Waals surface area contributed by atoms with E-state index in [1.165, 1.54) is 4.90 Å². The van der Waals surface area contributed by atoms with Gasteiger partial charge in [-0.3, -0.25) is 19.5 Å². The first kappa shape index (κ1) is 19.1. The van der Waals surface area contributed by atoms with Gasteiger partial charge in [-0.25, -0.2) is 0 Å². The van der Waals surface area contributed by atoms with Gasteiger partial charge in [0.1, 0.15) is 12.3 Å². The van der Waals surface area contributed by atoms with Crippen LogP contribution in [-0.4, -0.2) is 29.9 Å². The van der Waals surface area contributed by atoms with E-state index in [1.54, 1.807) is 23.2 Å². The highest BCUT2D eigenvalue weighted by atomic mass is 79.9. The second-order valence-electron chi connectivity index (χ2n) is 6.51. The maximum absolute atomic E-state index is 13.3. The predicted octanol–water partition coefficient (Wildman–Crippen LogP) is 3.80. The fourth-order valence-corrected chi connectivity index (χ4v) is 3.41. The zero-order valence-corrected chi connectivity index (χ0v) is 17.1. The Morgan fingerprint density at radius 2 is 1.83 bits per heavy atom. The summed E-state index contributed by atoms with van der Waals surface area (Å²) in [4.78, 5) is 33.2. The number of carbonyl (C=O) groups excluding carboxylic acids is 2. The first-order valence-corrected chi connectivity index (χ1v) is 9.89. The monoisotopic (exact) mass is 451 g/mol. The van der Waals surface area contributed by atoms with E-state index in [-0.39, 0.29) is 25.0 Å². The molecule has 1 aliphatic heterocycles. The molecule has 0 saturated heterocycles. The summed E-state index contributed by atoms with van der Waals surface area (Å²) in [6, 6.07) is 20.3. The number of hydrogen-bond donors (Lipinski definition) is 0. The van der Waals surface area contributed by atoms with Crippen LogP contribution < -0.4 is 14.5 Å². The van der Waals surface area contributed by atoms with Gasteiger partial charge in [0.15, 0.2) is 6.61 Å². The number of pyridine rings is 1. The first-order valence-electron chi connectivity index (χ1n) is 9.10. The molecule has 0 aliphatic carbocycles. The number of para-hydroxylation sites is 2. The minimum absolute atomic E-state index is 0.0805. The van der Waals surface area contributed by atoms with Crippen LogP contribution in [0.1, 0.15) is 5.69 Å². The molecule has 6 nitrogen and oxygen atoms in total. The number of carbonyl (C=O) groups is 2. The third kappa shape index (κ3) is 4.30. The van der Waals surface area contributed by atoms with Gasteiger partial charge in [-0.2, -0.15) is 0 Å². The number of hydrogen-bond acceptors (Lipinski definition) is 4. The van der Waals surface area contributed by atoms with Crippen molar-refractivity contribution in [3.8, 4) is 5.75 Å². The molecule has 1 aromatic heterocycles. The lowest BCUT2D eigenvalue weighted by Crippen LogP contribution is -2.46. The molecule has 29 heavy (non-hydrogen) atoms. The maximum atomic E-state index is 13.3. The molecule has 4 rings (SSSR count). The summed E-state index contributed by atoms with van der Waals surface area (Å²) in [5, 5.41) is 0. The molecule has 0 spiro atoms. The average molecular weight is 452 g/mol. The highest BCUT2D eigenvalue weighted by Crippen LogP contribution is 2.31. The van der Waals surface area contributed by atoms with E-state index < -0.39 is 0 Å². The fraction of sp³-hybridized carbons (Fsp3) is 0.136. The number of fused-ring (bicyclic) bond motifs is 1. The van der Waals surface area contributed by atoms with Crippen molar-refractivity contribution >= 4 is 39.1 Å². The smallest absolute Gasteiger partial charge is 0.265 e. The summed E-state index contributed by atoms with van der Waals surface area (Å²) in [6.07, 6.45) is 1.70. The molecular weight excluding hydrogens is 434 g/mol. The van der Waals surface area contributed by atoms with Crippen molar-refractivity contribution in [3.05, 3.63) is 83.1 Å². The van der Waals surface area contributed by atoms with Gasteiger partial charge >= 0.3 is 0 Å². The van der Waals surface area contributed by atoms with Crippen molar-refractivity contribution < 1.29 is 14.3 Å². The Hall–Kier alpha value is -3.19. The minimum Gasteiger partial charge on any atom is -0.482 e. The van der Waals surface area contributed by atoms with Crippen LogP contribution in [0.15, 0.2) is 77.4 Å². The molecule has 0 saturated carbocycles. The molecule has 2 heterocycles. The summed E-state index contributed by atoms with van der Waals surface area (Å²) in [5.74, 6) is 0.147. The van der Waals surface area contributed by atoms with E-state index in [0.29, 0.717) is 18.0 Å². The SMILES string of the molecule is O=C(CN1C(=O)COc2ccccc21)N(Cc1ccccn1)c1ccc(Br)cc1. The third-order valence-corrected chi connectivity index (χ3v) is 5.12. The second-order valence-corrected chi connectivity index (χ2v) is 7.43. The Morgan fingerprint density at radius 1 is 1.07 bits per heavy atom. The third-order valence-electron chi connectivity index (χ3n) is 4.59. The van der Waals surface area contributed by atoms with Crippen molar-refractivity contribution in [2.75, 3.05) is 23.0 Å². The Labute approximate surface area is 176 Å². The van der Waals surface area contributed by atoms with Gasteiger partial charge in [-0.1, -0.05) is 34.1 Å². The van der Waals surface area contributed by atoms with Gasteiger partial charge < -0.3 is 9.64 Å². The van der Waals surface area contributed by atoms with Crippen LogP contribution in [0, 0.1) is 0 Å². The molecule has 146 valence electrons. The molecule has 0 N–H and O–H groups in total. The van der Waals surface area contributed by atoms with Crippen molar-refractivity contribution in [1.29, 1.82) is 0 Å². The van der Waals surface area contributed by atoms with Crippen LogP contribution in [0.3, 0.4) is 0 Å². The standard InChI is InChI=1S/C22H18BrN3O3/c23-16-8-10-18(11-9-16)25(13-17-5-3-4-12-24-17)21(27)14-26-19-6-1-2-7-20(19)29-15-22(26)28/h1-12H,13-15H2. The highest BCUT2D eigenvalue weighted by Gasteiger charge is 2.29. The molecule has 0 unspecified atom stereocenters. The Bertz CT molecular complexity index is 1020. The summed E-state index contributed by atoms with van der Waals surface area (Å²) >= 11 is 3.42. The van der Waals surface area contributed by atoms with Gasteiger partial charge in [0.25, 0.3) is 5.91 Å². The lowest BCUT2D eigenvalue weighted by atomic mass is 10.2. The van der Waals surface area contributed by atoms with E-state index in [0.717, 1.165) is 15.9 Å². The number of anilines is 2. The van der Waals surface area contributed by atoms with Crippen molar-refractivity contribution in [3.63, 3.8) is 0 Å². The summed E-state index contributed by atoms with van der Waals surface area (Å²) < 4.78 is 6.39. The molecule has 1 aliphatic rings. The quantitative estimate of drug-likeness (QED) is 0.591. The van der Waals surface area contributed by atoms with Crippen molar-refractivity contribution in [2.24, 2.45) is 0 Å². The molecule has 2 aromatic carbocycles. The molecule has 0 bridgehead atoms. The van der Waals surface area contributed by atoms with Crippen LogP contribution in [-0.2, 0) is 16.1 Å². The zero-order valence-electron chi connectivity index (χ0n) is 15.5. The van der Waals surface area contributed by atoms with Gasteiger partial charge in [0.05, 0.1) is 17.9 Å². The lowest BCUT2D eigenvalue weighted by molar-refractivity contribution is -0.124. The number of halogens is 1. The van der Waals surface area contributed by atoms with E-state index in [2.05, 4.69) is 20.9 Å². The van der Waals surface area contributed by atoms with Crippen molar-refractivity contribution in [2.45, 2.75) is 6.54 Å². The molecular formula is C22H18BrN3O3. The van der Waals surface area contributed by atoms with E-state index in [4.69, 9.17) is 4.74 Å². The lowest BCUT2D eigenvalue weighted by Gasteiger charge is -2.31. The molecule has 2 amide bonds. The molecule has 3 aromatic rings. The molecule has 0 fully saturated rings. The zero-order chi connectivity index (χ0) is 20.2. The number of nitrogens with zero attached hydrogens (tertiary/aromatic N) is 3. The predicted molar refractivity (Wildman–Crippen MR) is 114 cm³/mol. The normalized spacial score (nSPS) is 12.9. The number of benzene rings is 2. The molecule has 7 heteroatoms. The number of amides is 2. The van der Waals surface area contributed by atoms with Crippen LogP contribution in [0.4, 0.5) is 11.4 Å². The summed E-state index contributed by atoms with van der Waals surface area (Å²) in [6.45, 7) is 0.145. The van der Waals surface area contributed by atoms with Gasteiger partial charge in [-0.15, -0.1) is 0 Å². The average Bonchev–Trinajstić information content (AvgIpc) is 2.75. The second kappa shape index (κ2) is 8.45. The Morgan fingerprint density at radius 3 is 2.59 bits per heavy atom. The first-order chi connectivity index (χ1) is 14.1. The van der Waals surface area contributed by atoms with Gasteiger partial charge in [0, 0.05) is 16.4 Å². The largest absolute Gasteiger partial charge is 0.482 e. The van der Waals surface area contributed by atoms with E-state index in [1.807, 2.05) is 54.6 Å². The topological polar surface area (TPSA) is 62.7 Å². The fourth-order valence-electron chi connectivity index (χ4n) is 3.15. The maximum Gasteiger partial charge on any atom is 0.265 e. The number of rotatable bonds is 5. The van der Waals surface area contributed by atoms with Crippen LogP contribution in [0.5, 0.6) is 5.75 Å². The Balaban J connectivity index is 1.63. The summed E-state index contributed by atoms with van der Waals surface area (Å²) in [5.41, 5.74) is 2.10. The van der Waals surface area contributed by atoms with E-state index >= 15 is 0 Å². The molecule has 0 atom stereocenters. The number of ether oxygens (including phenoxy) is 1. The van der Waals surface area contributed by atoms with Crippen LogP contribution >= 0.6 is 15.9 Å². The van der Waals surface area contributed by atoms with Crippen LogP contribution in [0.2, 0.25) is 0 Å². The highest BCUT2D eigenvalue weighted by molar-refractivity contribution is 9.10. The van der Waals surface area contributed by atoms with Gasteiger partial charge in [0.2, 0.25) is 5.91 Å². The molecule has 0 radical (unpaired) electrons. The number of aromatic nitrogens is 1. The van der Waals surface area contributed by atoms with Gasteiger partial charge in [-0.05, 0) is 48.5 Å². The van der Waals surface area contributed by atoms with Crippen LogP contribution in [0.25, 0.3) is 0 Å². The van der Waals surface area contributed by atoms with E-state index in [9.17, 15) is 9.59 Å². The summed E-state index contributed by atoms with van der Waals surface area (Å²) in [7, 11) is 0. The van der Waals surface area contributed by atoms with Crippen molar-refractivity contribution in [1.82, 2.24) is 4.98 Å². The Kier molecular flexibility index (Phi) is 5.57.